The molecule has 3 aliphatic carbocycles. The SMILES string of the molecule is C[C@@H]1CN(c2cccc(NC(=O)c3ccc(C(C)(O)CO)nc3N3CCC4(CC3)CC4)n2)CCO1.C[C@@H]1CN(c2cccc(NC(=O)c3ccc([C@@](C)(O)CO)nc3N3CCC4(CC3)CC4)n2)CCO1.C[C@@H]1CN(c2cccc(NC(=O)c3ccc([C@](C)(O)CO)nc3N3CCC4(CC3)CC4)n2)CCO1. The molecule has 12 heterocycles. The number of aliphatic hydroxyl groups is 6. The number of nitrogens with zero attached hydrogens (tertiary/aromatic N) is 12. The van der Waals surface area contributed by atoms with Gasteiger partial charge < -0.3 is 90.2 Å². The fourth-order valence-corrected chi connectivity index (χ4v) is 15.0. The van der Waals surface area contributed by atoms with Crippen molar-refractivity contribution in [2.75, 3.05) is 164 Å². The van der Waals surface area contributed by atoms with Crippen LogP contribution in [0.3, 0.4) is 0 Å². The van der Waals surface area contributed by atoms with E-state index in [4.69, 9.17) is 14.2 Å². The van der Waals surface area contributed by atoms with Crippen molar-refractivity contribution in [2.24, 2.45) is 16.2 Å². The van der Waals surface area contributed by atoms with Crippen molar-refractivity contribution in [1.29, 1.82) is 0 Å². The predicted octanol–water partition coefficient (Wildman–Crippen LogP) is 7.60. The van der Waals surface area contributed by atoms with Crippen LogP contribution in [0, 0.1) is 16.2 Å². The Morgan fingerprint density at radius 3 is 0.867 bits per heavy atom. The Kier molecular flexibility index (Phi) is 22.3. The molecule has 3 saturated carbocycles. The van der Waals surface area contributed by atoms with Crippen molar-refractivity contribution in [1.82, 2.24) is 29.9 Å². The Morgan fingerprint density at radius 1 is 0.381 bits per heavy atom. The van der Waals surface area contributed by atoms with Gasteiger partial charge in [-0.25, -0.2) is 29.9 Å². The monoisotopic (exact) mass is 1440 g/mol. The Bertz CT molecular complexity index is 3640. The minimum atomic E-state index is -1.48. The fraction of sp³-hybridized carbons (Fsp3) is 0.577. The lowest BCUT2D eigenvalue weighted by Gasteiger charge is -2.34. The molecule has 6 atom stereocenters. The Labute approximate surface area is 614 Å². The molecule has 27 nitrogen and oxygen atoms in total. The zero-order valence-corrected chi connectivity index (χ0v) is 61.6. The summed E-state index contributed by atoms with van der Waals surface area (Å²) in [6.45, 7) is 20.7. The van der Waals surface area contributed by atoms with E-state index in [2.05, 4.69) is 75.3 Å². The van der Waals surface area contributed by atoms with Crippen LogP contribution in [0.5, 0.6) is 0 Å². The van der Waals surface area contributed by atoms with Crippen LogP contribution >= 0.6 is 0 Å². The second kappa shape index (κ2) is 31.3. The summed E-state index contributed by atoms with van der Waals surface area (Å²) in [5.74, 6) is 4.56. The first-order chi connectivity index (χ1) is 50.4. The number of ether oxygens (including phenoxy) is 3. The zero-order chi connectivity index (χ0) is 73.9. The van der Waals surface area contributed by atoms with Gasteiger partial charge in [0, 0.05) is 78.5 Å². The van der Waals surface area contributed by atoms with Gasteiger partial charge in [0.2, 0.25) is 0 Å². The van der Waals surface area contributed by atoms with Crippen LogP contribution < -0.4 is 45.3 Å². The summed E-state index contributed by atoms with van der Waals surface area (Å²) < 4.78 is 16.9. The van der Waals surface area contributed by atoms with Crippen molar-refractivity contribution in [3.63, 3.8) is 0 Å². The summed E-state index contributed by atoms with van der Waals surface area (Å²) in [5, 5.41) is 69.5. The Hall–Kier alpha value is -8.25. The maximum Gasteiger partial charge on any atom is 0.260 e. The first kappa shape index (κ1) is 75.0. The lowest BCUT2D eigenvalue weighted by molar-refractivity contribution is -0.00590. The van der Waals surface area contributed by atoms with Crippen LogP contribution in [0.25, 0.3) is 0 Å². The molecule has 6 saturated heterocycles. The summed E-state index contributed by atoms with van der Waals surface area (Å²) in [4.78, 5) is 81.2. The van der Waals surface area contributed by atoms with Crippen molar-refractivity contribution in [3.8, 4) is 0 Å². The standard InChI is InChI=1S/3C26H35N5O4/c3*1-18-16-31(14-15-35-18)22-5-3-4-21(28-22)29-24(33)19-6-7-20(25(2,34)17-32)27-23(19)30-12-10-26(8-9-26)11-13-30/h3*3-7,18,32,34H,8-17H2,1-2H3,(H,28,29,33)/t18-,25?;18-,25+;18-,25-/m111/s1. The van der Waals surface area contributed by atoms with Crippen LogP contribution in [0.4, 0.5) is 52.4 Å². The largest absolute Gasteiger partial charge is 0.393 e. The average molecular weight is 1440 g/mol. The third-order valence-corrected chi connectivity index (χ3v) is 22.8. The van der Waals surface area contributed by atoms with Crippen molar-refractivity contribution in [2.45, 2.75) is 154 Å². The number of amides is 3. The van der Waals surface area contributed by atoms with Crippen LogP contribution in [0.2, 0.25) is 0 Å². The van der Waals surface area contributed by atoms with Gasteiger partial charge in [-0.05, 0) is 208 Å². The molecule has 0 bridgehead atoms. The number of anilines is 9. The molecular weight excluding hydrogens is 1340 g/mol. The van der Waals surface area contributed by atoms with E-state index in [1.54, 1.807) is 54.6 Å². The number of aliphatic hydroxyl groups excluding tert-OH is 3. The fourth-order valence-electron chi connectivity index (χ4n) is 15.0. The van der Waals surface area contributed by atoms with Crippen molar-refractivity contribution >= 4 is 70.1 Å². The molecule has 6 aliphatic heterocycles. The van der Waals surface area contributed by atoms with E-state index in [-0.39, 0.29) is 36.0 Å². The Morgan fingerprint density at radius 2 is 0.638 bits per heavy atom. The highest BCUT2D eigenvalue weighted by molar-refractivity contribution is 6.09. The van der Waals surface area contributed by atoms with Crippen molar-refractivity contribution < 1.29 is 59.2 Å². The first-order valence-corrected chi connectivity index (χ1v) is 37.6. The summed E-state index contributed by atoms with van der Waals surface area (Å²) in [6.07, 6.45) is 14.6. The van der Waals surface area contributed by atoms with E-state index >= 15 is 0 Å². The van der Waals surface area contributed by atoms with Crippen LogP contribution in [0.15, 0.2) is 91.0 Å². The van der Waals surface area contributed by atoms with Crippen LogP contribution in [-0.4, -0.2) is 215 Å². The van der Waals surface area contributed by atoms with Gasteiger partial charge in [-0.2, -0.15) is 0 Å². The topological polar surface area (TPSA) is 333 Å². The van der Waals surface area contributed by atoms with E-state index in [1.165, 1.54) is 59.3 Å². The summed E-state index contributed by atoms with van der Waals surface area (Å²) in [7, 11) is 0. The molecule has 3 spiro atoms. The summed E-state index contributed by atoms with van der Waals surface area (Å²) in [5.41, 5.74) is -0.672. The zero-order valence-electron chi connectivity index (χ0n) is 61.6. The van der Waals surface area contributed by atoms with E-state index in [1.807, 2.05) is 57.2 Å². The molecule has 105 heavy (non-hydrogen) atoms. The maximum atomic E-state index is 13.4. The maximum absolute atomic E-state index is 13.4. The quantitative estimate of drug-likeness (QED) is 0.0400. The van der Waals surface area contributed by atoms with Gasteiger partial charge in [0.1, 0.15) is 69.2 Å². The summed E-state index contributed by atoms with van der Waals surface area (Å²) >= 11 is 0. The highest BCUT2D eigenvalue weighted by atomic mass is 16.5. The molecule has 9 aliphatic rings. The molecule has 564 valence electrons. The average Bonchev–Trinajstić information content (AvgIpc) is 1.67. The number of hydrogen-bond donors (Lipinski definition) is 9. The van der Waals surface area contributed by atoms with Gasteiger partial charge in [-0.15, -0.1) is 0 Å². The molecule has 0 radical (unpaired) electrons. The van der Waals surface area contributed by atoms with E-state index < -0.39 is 36.6 Å². The number of carbonyl (C=O) groups is 3. The molecule has 9 N–H and O–H groups in total. The molecule has 1 unspecified atom stereocenters. The molecule has 0 aromatic carbocycles. The minimum Gasteiger partial charge on any atom is -0.393 e. The van der Waals surface area contributed by atoms with Crippen molar-refractivity contribution in [3.05, 3.63) is 125 Å². The lowest BCUT2D eigenvalue weighted by atomic mass is 9.93. The number of hydrogen-bond acceptors (Lipinski definition) is 24. The molecular formula is C78H105N15O12. The van der Waals surface area contributed by atoms with E-state index in [0.717, 1.165) is 135 Å². The third kappa shape index (κ3) is 17.9. The second-order valence-electron chi connectivity index (χ2n) is 31.3. The highest BCUT2D eigenvalue weighted by Crippen LogP contribution is 2.56. The number of pyridine rings is 6. The lowest BCUT2D eigenvalue weighted by Crippen LogP contribution is -2.41. The van der Waals surface area contributed by atoms with Gasteiger partial charge in [-0.1, -0.05) is 18.2 Å². The molecule has 9 fully saturated rings. The van der Waals surface area contributed by atoms with Crippen LogP contribution in [-0.2, 0) is 31.0 Å². The van der Waals surface area contributed by atoms with Gasteiger partial charge in [0.25, 0.3) is 17.7 Å². The smallest absolute Gasteiger partial charge is 0.260 e. The minimum absolute atomic E-state index is 0.131. The van der Waals surface area contributed by atoms with E-state index in [0.29, 0.717) is 105 Å². The first-order valence-electron chi connectivity index (χ1n) is 37.6. The van der Waals surface area contributed by atoms with Gasteiger partial charge in [-0.3, -0.25) is 14.4 Å². The van der Waals surface area contributed by atoms with Crippen LogP contribution in [0.1, 0.15) is 167 Å². The highest BCUT2D eigenvalue weighted by Gasteiger charge is 2.48. The van der Waals surface area contributed by atoms with Gasteiger partial charge in [0.05, 0.1) is 91.7 Å². The normalized spacial score (nSPS) is 23.1. The molecule has 3 amide bonds. The van der Waals surface area contributed by atoms with Gasteiger partial charge in [0.15, 0.2) is 0 Å². The number of nitrogens with one attached hydrogen (secondary N) is 3. The number of rotatable bonds is 18. The number of aromatic nitrogens is 6. The number of morpholine rings is 3. The second-order valence-corrected chi connectivity index (χ2v) is 31.3. The Balaban J connectivity index is 0.000000140. The predicted molar refractivity (Wildman–Crippen MR) is 401 cm³/mol. The number of carbonyl (C=O) groups excluding carboxylic acids is 3. The molecule has 6 aromatic rings. The third-order valence-electron chi connectivity index (χ3n) is 22.8. The molecule has 27 heteroatoms. The molecule has 15 rings (SSSR count). The molecule has 6 aromatic heterocycles. The van der Waals surface area contributed by atoms with Gasteiger partial charge >= 0.3 is 0 Å². The van der Waals surface area contributed by atoms with E-state index in [9.17, 15) is 45.0 Å². The number of piperidine rings is 3. The summed E-state index contributed by atoms with van der Waals surface area (Å²) in [6, 6.07) is 26.7.